The van der Waals surface area contributed by atoms with E-state index in [9.17, 15) is 33.5 Å². The number of oxime groups is 1. The zero-order valence-electron chi connectivity index (χ0n) is 18.6. The molecule has 3 amide bonds. The average Bonchev–Trinajstić information content (AvgIpc) is 2.79. The van der Waals surface area contributed by atoms with Gasteiger partial charge >= 0.3 is 23.9 Å². The first-order valence-electron chi connectivity index (χ1n) is 10.5. The van der Waals surface area contributed by atoms with E-state index in [0.29, 0.717) is 18.4 Å². The van der Waals surface area contributed by atoms with Crippen molar-refractivity contribution in [2.24, 2.45) is 5.16 Å². The lowest BCUT2D eigenvalue weighted by Gasteiger charge is -2.18. The van der Waals surface area contributed by atoms with Crippen molar-refractivity contribution < 1.29 is 48.5 Å². The van der Waals surface area contributed by atoms with Crippen molar-refractivity contribution in [2.45, 2.75) is 44.2 Å². The Bertz CT molecular complexity index is 909. The normalized spacial score (nSPS) is 12.4. The number of nitrogens with one attached hydrogen (secondary N) is 3. The van der Waals surface area contributed by atoms with Crippen LogP contribution in [0, 0.1) is 5.82 Å². The number of nitrogens with zero attached hydrogens (tertiary/aromatic N) is 1. The molecule has 0 fully saturated rings. The van der Waals surface area contributed by atoms with Crippen LogP contribution in [-0.2, 0) is 24.0 Å². The molecule has 6 N–H and O–H groups in total. The second kappa shape index (κ2) is 15.6. The van der Waals surface area contributed by atoms with Gasteiger partial charge in [-0.1, -0.05) is 17.3 Å². The summed E-state index contributed by atoms with van der Waals surface area (Å²) in [5.74, 6) is -4.88. The highest BCUT2D eigenvalue weighted by atomic mass is 19.1. The lowest BCUT2D eigenvalue weighted by molar-refractivity contribution is -0.140. The Hall–Kier alpha value is -4.23. The van der Waals surface area contributed by atoms with Crippen molar-refractivity contribution in [3.8, 4) is 0 Å². The van der Waals surface area contributed by atoms with Crippen molar-refractivity contribution >= 4 is 36.1 Å². The SMILES string of the molecule is O=C(O)CCC(NC(=O)NC(CCCCNC(=O)CON=Cc1ccc(F)cc1)C(=O)O)C(=O)O. The van der Waals surface area contributed by atoms with Crippen LogP contribution >= 0.6 is 0 Å². The van der Waals surface area contributed by atoms with Gasteiger partial charge in [0.1, 0.15) is 17.9 Å². The van der Waals surface area contributed by atoms with Gasteiger partial charge in [0.15, 0.2) is 6.61 Å². The van der Waals surface area contributed by atoms with E-state index in [4.69, 9.17) is 15.1 Å². The number of unbranched alkanes of at least 4 members (excludes halogenated alkanes) is 1. The van der Waals surface area contributed by atoms with E-state index in [0.717, 1.165) is 0 Å². The number of hydrogen-bond donors (Lipinski definition) is 6. The molecule has 0 aliphatic carbocycles. The fourth-order valence-corrected chi connectivity index (χ4v) is 2.64. The second-order valence-corrected chi connectivity index (χ2v) is 7.24. The number of hydrogen-bond acceptors (Lipinski definition) is 7. The van der Waals surface area contributed by atoms with Gasteiger partial charge in [-0.25, -0.2) is 18.8 Å². The van der Waals surface area contributed by atoms with Crippen LogP contribution in [0.1, 0.15) is 37.7 Å². The number of carbonyl (C=O) groups is 5. The molecule has 0 aliphatic heterocycles. The predicted octanol–water partition coefficient (Wildman–Crippen LogP) is 0.533. The van der Waals surface area contributed by atoms with Gasteiger partial charge in [-0.2, -0.15) is 0 Å². The molecule has 0 aliphatic rings. The van der Waals surface area contributed by atoms with Gasteiger partial charge in [-0.05, 0) is 43.4 Å². The molecule has 13 nitrogen and oxygen atoms in total. The number of carboxylic acids is 3. The number of carbonyl (C=O) groups excluding carboxylic acids is 2. The van der Waals surface area contributed by atoms with Crippen LogP contribution in [-0.4, -0.2) is 76.6 Å². The molecule has 0 saturated carbocycles. The molecule has 0 saturated heterocycles. The lowest BCUT2D eigenvalue weighted by atomic mass is 10.1. The van der Waals surface area contributed by atoms with Gasteiger partial charge in [0.25, 0.3) is 5.91 Å². The van der Waals surface area contributed by atoms with E-state index >= 15 is 0 Å². The van der Waals surface area contributed by atoms with Crippen LogP contribution in [0.25, 0.3) is 0 Å². The third-order valence-electron chi connectivity index (χ3n) is 4.44. The number of benzene rings is 1. The molecule has 192 valence electrons. The highest BCUT2D eigenvalue weighted by Crippen LogP contribution is 2.03. The molecule has 0 radical (unpaired) electrons. The van der Waals surface area contributed by atoms with E-state index in [1.54, 1.807) is 0 Å². The van der Waals surface area contributed by atoms with Crippen molar-refractivity contribution in [3.63, 3.8) is 0 Å². The molecule has 35 heavy (non-hydrogen) atoms. The zero-order chi connectivity index (χ0) is 26.2. The van der Waals surface area contributed by atoms with Crippen LogP contribution in [0.4, 0.5) is 9.18 Å². The predicted molar refractivity (Wildman–Crippen MR) is 118 cm³/mol. The van der Waals surface area contributed by atoms with E-state index in [1.165, 1.54) is 30.5 Å². The van der Waals surface area contributed by atoms with Gasteiger partial charge in [0, 0.05) is 13.0 Å². The van der Waals surface area contributed by atoms with Crippen LogP contribution in [0.2, 0.25) is 0 Å². The maximum atomic E-state index is 12.8. The molecule has 0 heterocycles. The van der Waals surface area contributed by atoms with Crippen LogP contribution in [0.15, 0.2) is 29.4 Å². The summed E-state index contributed by atoms with van der Waals surface area (Å²) in [5, 5.41) is 37.2. The van der Waals surface area contributed by atoms with E-state index in [-0.39, 0.29) is 26.0 Å². The maximum absolute atomic E-state index is 12.8. The van der Waals surface area contributed by atoms with Crippen molar-refractivity contribution in [3.05, 3.63) is 35.6 Å². The fraction of sp³-hybridized carbons (Fsp3) is 0.429. The highest BCUT2D eigenvalue weighted by molar-refractivity contribution is 5.86. The molecule has 0 spiro atoms. The number of urea groups is 1. The van der Waals surface area contributed by atoms with Crippen molar-refractivity contribution in [1.29, 1.82) is 0 Å². The van der Waals surface area contributed by atoms with Crippen LogP contribution < -0.4 is 16.0 Å². The molecule has 14 heteroatoms. The first kappa shape index (κ1) is 28.8. The third kappa shape index (κ3) is 13.2. The van der Waals surface area contributed by atoms with Gasteiger partial charge in [0.05, 0.1) is 6.21 Å². The van der Waals surface area contributed by atoms with E-state index in [2.05, 4.69) is 15.8 Å². The Kier molecular flexibility index (Phi) is 12.8. The molecular formula is C21H27FN4O9. The number of aliphatic carboxylic acids is 3. The topological polar surface area (TPSA) is 204 Å². The molecule has 0 aromatic heterocycles. The van der Waals surface area contributed by atoms with E-state index < -0.39 is 54.2 Å². The minimum Gasteiger partial charge on any atom is -0.481 e. The van der Waals surface area contributed by atoms with Gasteiger partial charge in [-0.3, -0.25) is 9.59 Å². The summed E-state index contributed by atoms with van der Waals surface area (Å²) >= 11 is 0. The second-order valence-electron chi connectivity index (χ2n) is 7.24. The Balaban J connectivity index is 2.29. The Morgan fingerprint density at radius 3 is 2.11 bits per heavy atom. The monoisotopic (exact) mass is 498 g/mol. The molecule has 2 unspecified atom stereocenters. The highest BCUT2D eigenvalue weighted by Gasteiger charge is 2.24. The number of rotatable bonds is 16. The maximum Gasteiger partial charge on any atom is 0.326 e. The summed E-state index contributed by atoms with van der Waals surface area (Å²) in [4.78, 5) is 61.5. The van der Waals surface area contributed by atoms with Crippen LogP contribution in [0.5, 0.6) is 0 Å². The molecular weight excluding hydrogens is 471 g/mol. The zero-order valence-corrected chi connectivity index (χ0v) is 18.6. The number of halogens is 1. The fourth-order valence-electron chi connectivity index (χ4n) is 2.64. The Morgan fingerprint density at radius 2 is 1.54 bits per heavy atom. The number of amides is 3. The minimum atomic E-state index is -1.49. The van der Waals surface area contributed by atoms with E-state index in [1.807, 2.05) is 5.32 Å². The van der Waals surface area contributed by atoms with Crippen molar-refractivity contribution in [1.82, 2.24) is 16.0 Å². The summed E-state index contributed by atoms with van der Waals surface area (Å²) in [7, 11) is 0. The first-order valence-corrected chi connectivity index (χ1v) is 10.5. The first-order chi connectivity index (χ1) is 16.6. The van der Waals surface area contributed by atoms with Gasteiger partial charge < -0.3 is 36.1 Å². The minimum absolute atomic E-state index is 0.00392. The summed E-state index contributed by atoms with van der Waals surface area (Å²) in [6.45, 7) is -0.150. The number of carboxylic acid groups (broad SMARTS) is 3. The molecule has 0 bridgehead atoms. The standard InChI is InChI=1S/C21H27FN4O9/c22-14-6-4-13(5-7-14)11-24-35-12-17(27)23-10-2-1-3-15(19(30)31)25-21(34)26-16(20(32)33)8-9-18(28)29/h4-7,11,15-16H,1-3,8-10,12H2,(H,23,27)(H,28,29)(H,30,31)(H,32,33)(H2,25,26,34). The molecule has 1 aromatic rings. The quantitative estimate of drug-likeness (QED) is 0.107. The summed E-state index contributed by atoms with van der Waals surface area (Å²) in [6, 6.07) is 1.61. The lowest BCUT2D eigenvalue weighted by Crippen LogP contribution is -2.51. The summed E-state index contributed by atoms with van der Waals surface area (Å²) in [6.07, 6.45) is 1.15. The average molecular weight is 498 g/mol. The molecule has 1 rings (SSSR count). The largest absolute Gasteiger partial charge is 0.481 e. The summed E-state index contributed by atoms with van der Waals surface area (Å²) in [5.41, 5.74) is 0.584. The summed E-state index contributed by atoms with van der Waals surface area (Å²) < 4.78 is 12.8. The van der Waals surface area contributed by atoms with Crippen molar-refractivity contribution in [2.75, 3.05) is 13.2 Å². The van der Waals surface area contributed by atoms with Gasteiger partial charge in [0.2, 0.25) is 0 Å². The smallest absolute Gasteiger partial charge is 0.326 e. The third-order valence-corrected chi connectivity index (χ3v) is 4.44. The van der Waals surface area contributed by atoms with Gasteiger partial charge in [-0.15, -0.1) is 0 Å². The Morgan fingerprint density at radius 1 is 0.943 bits per heavy atom. The Labute approximate surface area is 199 Å². The van der Waals surface area contributed by atoms with Crippen LogP contribution in [0.3, 0.4) is 0 Å². The molecule has 2 atom stereocenters. The molecule has 1 aromatic carbocycles.